The summed E-state index contributed by atoms with van der Waals surface area (Å²) in [6.07, 6.45) is -0.357. The number of piperidine rings is 1. The highest BCUT2D eigenvalue weighted by atomic mass is 35.5. The van der Waals surface area contributed by atoms with Crippen molar-refractivity contribution in [2.75, 3.05) is 29.1 Å². The Bertz CT molecular complexity index is 955. The number of anilines is 2. The van der Waals surface area contributed by atoms with Crippen LogP contribution < -0.4 is 10.2 Å². The largest absolute Gasteiger partial charge is 0.418 e. The number of alkyl halides is 3. The van der Waals surface area contributed by atoms with E-state index in [9.17, 15) is 18.0 Å². The van der Waals surface area contributed by atoms with Gasteiger partial charge in [0.25, 0.3) is 0 Å². The van der Waals surface area contributed by atoms with Gasteiger partial charge < -0.3 is 10.2 Å². The van der Waals surface area contributed by atoms with Crippen LogP contribution in [0, 0.1) is 5.92 Å². The predicted octanol–water partition coefficient (Wildman–Crippen LogP) is 5.25. The van der Waals surface area contributed by atoms with Gasteiger partial charge in [0.05, 0.1) is 22.0 Å². The van der Waals surface area contributed by atoms with E-state index in [4.69, 9.17) is 11.6 Å². The number of benzene rings is 1. The number of amides is 1. The average molecular weight is 474 g/mol. The fraction of sp³-hybridized carbons (Fsp3) is 0.550. The van der Waals surface area contributed by atoms with Gasteiger partial charge in [-0.15, -0.1) is 10.2 Å². The average Bonchev–Trinajstić information content (AvgIpc) is 3.47. The molecule has 0 atom stereocenters. The van der Waals surface area contributed by atoms with E-state index in [2.05, 4.69) is 31.9 Å². The summed E-state index contributed by atoms with van der Waals surface area (Å²) in [4.78, 5) is 14.7. The standard InChI is InChI=1S/C20H23ClF3N5OS/c1-12-7-9-28(10-8-12)18-26-27-19(29(18)13-5-6-13)31-11-16(30)25-17-14(20(22,23)24)3-2-4-15(17)21/h2-4,12-13H,5-11H2,1H3,(H,25,30). The molecular formula is C20H23ClF3N5OS. The van der Waals surface area contributed by atoms with Gasteiger partial charge in [0.2, 0.25) is 11.9 Å². The fourth-order valence-corrected chi connectivity index (χ4v) is 4.66. The van der Waals surface area contributed by atoms with Crippen LogP contribution in [0.5, 0.6) is 0 Å². The lowest BCUT2D eigenvalue weighted by Crippen LogP contribution is -2.34. The number of hydrogen-bond donors (Lipinski definition) is 1. The smallest absolute Gasteiger partial charge is 0.341 e. The highest BCUT2D eigenvalue weighted by Crippen LogP contribution is 2.42. The normalized spacial score (nSPS) is 17.8. The summed E-state index contributed by atoms with van der Waals surface area (Å²) in [6.45, 7) is 4.08. The molecule has 0 spiro atoms. The van der Waals surface area contributed by atoms with Gasteiger partial charge in [0.15, 0.2) is 5.16 Å². The van der Waals surface area contributed by atoms with E-state index in [-0.39, 0.29) is 10.8 Å². The maximum Gasteiger partial charge on any atom is 0.418 e. The number of para-hydroxylation sites is 1. The molecule has 1 aromatic carbocycles. The lowest BCUT2D eigenvalue weighted by Gasteiger charge is -2.31. The third-order valence-corrected chi connectivity index (χ3v) is 6.80. The number of nitrogens with zero attached hydrogens (tertiary/aromatic N) is 4. The lowest BCUT2D eigenvalue weighted by molar-refractivity contribution is -0.137. The van der Waals surface area contributed by atoms with Gasteiger partial charge in [0.1, 0.15) is 0 Å². The van der Waals surface area contributed by atoms with E-state index in [0.717, 1.165) is 50.8 Å². The third-order valence-electron chi connectivity index (χ3n) is 5.54. The molecule has 1 saturated carbocycles. The molecule has 11 heteroatoms. The van der Waals surface area contributed by atoms with Gasteiger partial charge >= 0.3 is 6.18 Å². The van der Waals surface area contributed by atoms with Crippen molar-refractivity contribution in [2.45, 2.75) is 50.0 Å². The number of thioether (sulfide) groups is 1. The zero-order valence-corrected chi connectivity index (χ0v) is 18.5. The Labute approximate surface area is 187 Å². The van der Waals surface area contributed by atoms with E-state index in [1.165, 1.54) is 23.9 Å². The summed E-state index contributed by atoms with van der Waals surface area (Å²) in [7, 11) is 0. The van der Waals surface area contributed by atoms with E-state index in [0.29, 0.717) is 17.1 Å². The second-order valence-electron chi connectivity index (χ2n) is 8.05. The number of aromatic nitrogens is 3. The Morgan fingerprint density at radius 2 is 1.94 bits per heavy atom. The number of hydrogen-bond acceptors (Lipinski definition) is 5. The number of rotatable bonds is 6. The van der Waals surface area contributed by atoms with Crippen LogP contribution >= 0.6 is 23.4 Å². The van der Waals surface area contributed by atoms with Crippen molar-refractivity contribution in [1.29, 1.82) is 0 Å². The zero-order valence-electron chi connectivity index (χ0n) is 17.0. The topological polar surface area (TPSA) is 63.1 Å². The molecule has 31 heavy (non-hydrogen) atoms. The Balaban J connectivity index is 1.45. The summed E-state index contributed by atoms with van der Waals surface area (Å²) in [5.74, 6) is 0.840. The van der Waals surface area contributed by atoms with Crippen molar-refractivity contribution in [3.8, 4) is 0 Å². The highest BCUT2D eigenvalue weighted by Gasteiger charge is 2.35. The first-order chi connectivity index (χ1) is 14.7. The number of carbonyl (C=O) groups excluding carboxylic acids is 1. The minimum Gasteiger partial charge on any atom is -0.341 e. The van der Waals surface area contributed by atoms with Crippen LogP contribution in [0.1, 0.15) is 44.2 Å². The first-order valence-electron chi connectivity index (χ1n) is 10.2. The third kappa shape index (κ3) is 5.11. The molecule has 1 aliphatic carbocycles. The predicted molar refractivity (Wildman–Crippen MR) is 115 cm³/mol. The molecule has 168 valence electrons. The van der Waals surface area contributed by atoms with E-state index in [1.54, 1.807) is 0 Å². The molecule has 1 amide bonds. The lowest BCUT2D eigenvalue weighted by atomic mass is 10.00. The van der Waals surface area contributed by atoms with Crippen LogP contribution in [0.25, 0.3) is 0 Å². The monoisotopic (exact) mass is 473 g/mol. The molecule has 2 aliphatic rings. The molecule has 2 fully saturated rings. The Hall–Kier alpha value is -1.94. The second-order valence-corrected chi connectivity index (χ2v) is 9.40. The SMILES string of the molecule is CC1CCN(c2nnc(SCC(=O)Nc3c(Cl)cccc3C(F)(F)F)n2C2CC2)CC1. The summed E-state index contributed by atoms with van der Waals surface area (Å²) >= 11 is 7.09. The molecule has 1 aliphatic heterocycles. The van der Waals surface area contributed by atoms with Crippen LogP contribution in [0.4, 0.5) is 24.8 Å². The second kappa shape index (κ2) is 8.90. The molecule has 6 nitrogen and oxygen atoms in total. The quantitative estimate of drug-likeness (QED) is 0.580. The zero-order chi connectivity index (χ0) is 22.2. The van der Waals surface area contributed by atoms with Gasteiger partial charge in [-0.05, 0) is 43.7 Å². The molecule has 0 bridgehead atoms. The van der Waals surface area contributed by atoms with Crippen molar-refractivity contribution in [1.82, 2.24) is 14.8 Å². The van der Waals surface area contributed by atoms with E-state index < -0.39 is 23.3 Å². The van der Waals surface area contributed by atoms with Gasteiger partial charge in [-0.3, -0.25) is 9.36 Å². The van der Waals surface area contributed by atoms with Crippen LogP contribution in [0.2, 0.25) is 5.02 Å². The molecular weight excluding hydrogens is 451 g/mol. The summed E-state index contributed by atoms with van der Waals surface area (Å²) in [5.41, 5.74) is -1.39. The minimum atomic E-state index is -4.62. The van der Waals surface area contributed by atoms with Crippen molar-refractivity contribution in [2.24, 2.45) is 5.92 Å². The summed E-state index contributed by atoms with van der Waals surface area (Å²) in [5, 5.41) is 11.4. The molecule has 2 heterocycles. The highest BCUT2D eigenvalue weighted by molar-refractivity contribution is 7.99. The molecule has 4 rings (SSSR count). The van der Waals surface area contributed by atoms with Crippen LogP contribution in [0.15, 0.2) is 23.4 Å². The fourth-order valence-electron chi connectivity index (χ4n) is 3.64. The van der Waals surface area contributed by atoms with Crippen molar-refractivity contribution < 1.29 is 18.0 Å². The first kappa shape index (κ1) is 22.3. The Morgan fingerprint density at radius 3 is 2.58 bits per heavy atom. The van der Waals surface area contributed by atoms with Gasteiger partial charge in [0, 0.05) is 19.1 Å². The molecule has 0 unspecified atom stereocenters. The summed E-state index contributed by atoms with van der Waals surface area (Å²) in [6, 6.07) is 3.73. The van der Waals surface area contributed by atoms with Crippen molar-refractivity contribution in [3.63, 3.8) is 0 Å². The van der Waals surface area contributed by atoms with Gasteiger partial charge in [-0.1, -0.05) is 36.4 Å². The number of halogens is 4. The number of carbonyl (C=O) groups is 1. The van der Waals surface area contributed by atoms with Crippen LogP contribution in [-0.4, -0.2) is 39.5 Å². The van der Waals surface area contributed by atoms with Crippen LogP contribution in [-0.2, 0) is 11.0 Å². The van der Waals surface area contributed by atoms with Crippen molar-refractivity contribution >= 4 is 40.9 Å². The van der Waals surface area contributed by atoms with Gasteiger partial charge in [-0.2, -0.15) is 13.2 Å². The Kier molecular flexibility index (Phi) is 6.39. The maximum atomic E-state index is 13.2. The molecule has 2 aromatic rings. The van der Waals surface area contributed by atoms with E-state index >= 15 is 0 Å². The maximum absolute atomic E-state index is 13.2. The molecule has 1 saturated heterocycles. The first-order valence-corrected chi connectivity index (χ1v) is 11.6. The molecule has 1 N–H and O–H groups in total. The van der Waals surface area contributed by atoms with Crippen molar-refractivity contribution in [3.05, 3.63) is 28.8 Å². The Morgan fingerprint density at radius 1 is 1.23 bits per heavy atom. The van der Waals surface area contributed by atoms with Crippen LogP contribution in [0.3, 0.4) is 0 Å². The molecule has 0 radical (unpaired) electrons. The number of nitrogens with one attached hydrogen (secondary N) is 1. The molecule has 1 aromatic heterocycles. The minimum absolute atomic E-state index is 0.0928. The van der Waals surface area contributed by atoms with E-state index in [1.807, 2.05) is 0 Å². The summed E-state index contributed by atoms with van der Waals surface area (Å²) < 4.78 is 41.8. The van der Waals surface area contributed by atoms with Gasteiger partial charge in [-0.25, -0.2) is 0 Å².